The number of fused-ring (bicyclic) bond motifs is 2. The van der Waals surface area contributed by atoms with Crippen molar-refractivity contribution in [3.63, 3.8) is 0 Å². The van der Waals surface area contributed by atoms with Crippen LogP contribution in [0.15, 0.2) is 35.1 Å². The van der Waals surface area contributed by atoms with Crippen LogP contribution in [0.1, 0.15) is 60.8 Å². The molecule has 0 N–H and O–H groups in total. The maximum atomic E-state index is 13.4. The van der Waals surface area contributed by atoms with Gasteiger partial charge in [0.15, 0.2) is 11.6 Å². The molecule has 0 aromatic carbocycles. The van der Waals surface area contributed by atoms with Crippen molar-refractivity contribution in [3.05, 3.63) is 35.1 Å². The molecular weight excluding hydrogens is 312 g/mol. The molecule has 1 saturated carbocycles. The van der Waals surface area contributed by atoms with Gasteiger partial charge in [-0.25, -0.2) is 0 Å². The first-order valence-electron chi connectivity index (χ1n) is 9.19. The zero-order chi connectivity index (χ0) is 19.0. The van der Waals surface area contributed by atoms with Crippen molar-refractivity contribution in [3.8, 4) is 0 Å². The van der Waals surface area contributed by atoms with Gasteiger partial charge in [0.1, 0.15) is 11.2 Å². The maximum absolute atomic E-state index is 13.4. The molecule has 138 valence electrons. The van der Waals surface area contributed by atoms with E-state index in [1.807, 2.05) is 19.9 Å². The van der Waals surface area contributed by atoms with Crippen LogP contribution in [0.2, 0.25) is 0 Å². The normalized spacial score (nSPS) is 30.4. The molecule has 3 nitrogen and oxygen atoms in total. The fraction of sp³-hybridized carbons (Fsp3) is 0.636. The van der Waals surface area contributed by atoms with E-state index in [4.69, 9.17) is 4.74 Å². The second-order valence-electron chi connectivity index (χ2n) is 8.59. The van der Waals surface area contributed by atoms with Gasteiger partial charge < -0.3 is 4.74 Å². The van der Waals surface area contributed by atoms with E-state index in [0.717, 1.165) is 18.4 Å². The molecule has 1 fully saturated rings. The SMILES string of the molecule is COC1=CC(=O)C2(CC=C(C)C)C(=O)C1CC(CC=C(C)C)C2(C)C. The van der Waals surface area contributed by atoms with Crippen LogP contribution in [0.4, 0.5) is 0 Å². The van der Waals surface area contributed by atoms with Crippen LogP contribution in [0.25, 0.3) is 0 Å². The van der Waals surface area contributed by atoms with E-state index in [1.54, 1.807) is 13.2 Å². The van der Waals surface area contributed by atoms with Crippen molar-refractivity contribution in [2.45, 2.75) is 60.8 Å². The van der Waals surface area contributed by atoms with Crippen LogP contribution in [0.3, 0.4) is 0 Å². The molecule has 3 unspecified atom stereocenters. The summed E-state index contributed by atoms with van der Waals surface area (Å²) >= 11 is 0. The first-order valence-corrected chi connectivity index (χ1v) is 9.19. The van der Waals surface area contributed by atoms with Crippen molar-refractivity contribution in [1.82, 2.24) is 0 Å². The van der Waals surface area contributed by atoms with Crippen molar-refractivity contribution in [1.29, 1.82) is 0 Å². The third-order valence-electron chi connectivity index (χ3n) is 6.28. The lowest BCUT2D eigenvalue weighted by Crippen LogP contribution is -2.61. The molecule has 0 aromatic heterocycles. The van der Waals surface area contributed by atoms with Gasteiger partial charge in [0, 0.05) is 6.08 Å². The van der Waals surface area contributed by atoms with Gasteiger partial charge >= 0.3 is 0 Å². The van der Waals surface area contributed by atoms with Gasteiger partial charge in [-0.3, -0.25) is 9.59 Å². The van der Waals surface area contributed by atoms with Crippen molar-refractivity contribution >= 4 is 11.6 Å². The van der Waals surface area contributed by atoms with Crippen molar-refractivity contribution in [2.24, 2.45) is 22.7 Å². The summed E-state index contributed by atoms with van der Waals surface area (Å²) in [6.45, 7) is 12.4. The van der Waals surface area contributed by atoms with E-state index in [1.165, 1.54) is 5.57 Å². The zero-order valence-corrected chi connectivity index (χ0v) is 16.7. The number of methoxy groups -OCH3 is 1. The maximum Gasteiger partial charge on any atom is 0.173 e. The first kappa shape index (κ1) is 19.7. The number of allylic oxidation sites excluding steroid dienone is 6. The molecule has 0 saturated heterocycles. The molecule has 2 bridgehead atoms. The van der Waals surface area contributed by atoms with Gasteiger partial charge in [0.2, 0.25) is 0 Å². The van der Waals surface area contributed by atoms with Gasteiger partial charge in [0.25, 0.3) is 0 Å². The largest absolute Gasteiger partial charge is 0.500 e. The molecule has 25 heavy (non-hydrogen) atoms. The Balaban J connectivity index is 2.61. The first-order chi connectivity index (χ1) is 11.6. The highest BCUT2D eigenvalue weighted by atomic mass is 16.5. The predicted molar refractivity (Wildman–Crippen MR) is 101 cm³/mol. The number of ketones is 2. The third-order valence-corrected chi connectivity index (χ3v) is 6.28. The number of hydrogen-bond donors (Lipinski definition) is 0. The predicted octanol–water partition coefficient (Wildman–Crippen LogP) is 5.03. The van der Waals surface area contributed by atoms with E-state index < -0.39 is 10.8 Å². The molecule has 0 radical (unpaired) electrons. The summed E-state index contributed by atoms with van der Waals surface area (Å²) in [4.78, 5) is 26.6. The lowest BCUT2D eigenvalue weighted by atomic mass is 9.45. The summed E-state index contributed by atoms with van der Waals surface area (Å²) in [7, 11) is 1.56. The molecular formula is C22H32O3. The molecule has 0 aliphatic heterocycles. The number of hydrogen-bond acceptors (Lipinski definition) is 3. The minimum absolute atomic E-state index is 0.0489. The Morgan fingerprint density at radius 2 is 1.76 bits per heavy atom. The molecule has 3 atom stereocenters. The number of ether oxygens (including phenoxy) is 1. The van der Waals surface area contributed by atoms with Gasteiger partial charge in [-0.2, -0.15) is 0 Å². The smallest absolute Gasteiger partial charge is 0.173 e. The molecule has 0 amide bonds. The molecule has 0 aromatic rings. The summed E-state index contributed by atoms with van der Waals surface area (Å²) in [5, 5.41) is 0. The Morgan fingerprint density at radius 3 is 2.28 bits per heavy atom. The molecule has 0 heterocycles. The van der Waals surface area contributed by atoms with Crippen LogP contribution < -0.4 is 0 Å². The third kappa shape index (κ3) is 3.14. The van der Waals surface area contributed by atoms with Crippen LogP contribution in [-0.4, -0.2) is 18.7 Å². The van der Waals surface area contributed by atoms with E-state index in [0.29, 0.717) is 12.2 Å². The summed E-state index contributed by atoms with van der Waals surface area (Å²) in [5.41, 5.74) is 1.03. The average Bonchev–Trinajstić information content (AvgIpc) is 2.50. The zero-order valence-electron chi connectivity index (χ0n) is 16.7. The summed E-state index contributed by atoms with van der Waals surface area (Å²) in [6, 6.07) is 0. The van der Waals surface area contributed by atoms with Crippen molar-refractivity contribution in [2.75, 3.05) is 7.11 Å². The second-order valence-corrected chi connectivity index (χ2v) is 8.59. The fourth-order valence-electron chi connectivity index (χ4n) is 4.48. The number of Topliss-reactive ketones (excluding diaryl/α,β-unsaturated/α-hetero) is 1. The highest BCUT2D eigenvalue weighted by molar-refractivity contribution is 6.17. The van der Waals surface area contributed by atoms with Crippen molar-refractivity contribution < 1.29 is 14.3 Å². The standard InChI is InChI=1S/C22H32O3/c1-14(2)8-9-16-12-17-18(25-7)13-19(23)22(20(17)24,21(16,5)6)11-10-15(3)4/h8,10,13,16-17H,9,11-12H2,1-7H3. The Hall–Kier alpha value is -1.64. The van der Waals surface area contributed by atoms with Crippen LogP contribution >= 0.6 is 0 Å². The Bertz CT molecular complexity index is 655. The summed E-state index contributed by atoms with van der Waals surface area (Å²) in [6.07, 6.45) is 7.98. The van der Waals surface area contributed by atoms with Gasteiger partial charge in [-0.05, 0) is 58.3 Å². The summed E-state index contributed by atoms with van der Waals surface area (Å²) < 4.78 is 5.42. The van der Waals surface area contributed by atoms with Crippen LogP contribution in [0.5, 0.6) is 0 Å². The lowest BCUT2D eigenvalue weighted by molar-refractivity contribution is -0.162. The van der Waals surface area contributed by atoms with Gasteiger partial charge in [-0.1, -0.05) is 37.1 Å². The molecule has 2 aliphatic rings. The fourth-order valence-corrected chi connectivity index (χ4v) is 4.48. The van der Waals surface area contributed by atoms with E-state index in [-0.39, 0.29) is 23.4 Å². The highest BCUT2D eigenvalue weighted by Crippen LogP contribution is 2.60. The quantitative estimate of drug-likeness (QED) is 0.519. The second kappa shape index (κ2) is 6.93. The van der Waals surface area contributed by atoms with E-state index >= 15 is 0 Å². The van der Waals surface area contributed by atoms with Gasteiger partial charge in [0.05, 0.1) is 13.0 Å². The number of rotatable bonds is 5. The molecule has 3 heteroatoms. The monoisotopic (exact) mass is 344 g/mol. The minimum Gasteiger partial charge on any atom is -0.500 e. The lowest BCUT2D eigenvalue weighted by Gasteiger charge is -2.55. The Labute approximate surface area is 152 Å². The molecule has 2 aliphatic carbocycles. The molecule has 2 rings (SSSR count). The summed E-state index contributed by atoms with van der Waals surface area (Å²) in [5.74, 6) is 0.471. The Kier molecular flexibility index (Phi) is 5.46. The Morgan fingerprint density at radius 1 is 1.16 bits per heavy atom. The van der Waals surface area contributed by atoms with E-state index in [9.17, 15) is 9.59 Å². The minimum atomic E-state index is -0.977. The van der Waals surface area contributed by atoms with E-state index in [2.05, 4.69) is 33.8 Å². The molecule has 0 spiro atoms. The highest BCUT2D eigenvalue weighted by Gasteiger charge is 2.64. The average molecular weight is 344 g/mol. The van der Waals surface area contributed by atoms with Gasteiger partial charge in [-0.15, -0.1) is 0 Å². The van der Waals surface area contributed by atoms with Crippen LogP contribution in [-0.2, 0) is 14.3 Å². The number of carbonyl (C=O) groups excluding carboxylic acids is 2. The topological polar surface area (TPSA) is 43.4 Å². The number of carbonyl (C=O) groups is 2. The van der Waals surface area contributed by atoms with Crippen LogP contribution in [0, 0.1) is 22.7 Å².